The van der Waals surface area contributed by atoms with Crippen molar-refractivity contribution in [1.29, 1.82) is 0 Å². The molecule has 0 fully saturated rings. The minimum absolute atomic E-state index is 0.0899. The van der Waals surface area contributed by atoms with Gasteiger partial charge < -0.3 is 10.1 Å². The van der Waals surface area contributed by atoms with E-state index >= 15 is 0 Å². The Morgan fingerprint density at radius 3 is 2.38 bits per heavy atom. The fourth-order valence-electron chi connectivity index (χ4n) is 2.31. The lowest BCUT2D eigenvalue weighted by Gasteiger charge is -2.21. The molecule has 0 aliphatic carbocycles. The number of anilines is 1. The van der Waals surface area contributed by atoms with Gasteiger partial charge >= 0.3 is 0 Å². The Morgan fingerprint density at radius 1 is 1.17 bits per heavy atom. The molecule has 4 heteroatoms. The van der Waals surface area contributed by atoms with Crippen LogP contribution >= 0.6 is 11.6 Å². The molecule has 2 aromatic carbocycles. The highest BCUT2D eigenvalue weighted by atomic mass is 35.5. The summed E-state index contributed by atoms with van der Waals surface area (Å²) in [6.07, 6.45) is 0.0254. The molecular weight excluding hydrogens is 322 g/mol. The average molecular weight is 346 g/mol. The molecule has 0 aromatic heterocycles. The summed E-state index contributed by atoms with van der Waals surface area (Å²) in [6, 6.07) is 15.0. The number of amides is 1. The molecule has 1 amide bonds. The molecular formula is C20H24ClNO2. The molecule has 3 nitrogen and oxygen atoms in total. The predicted octanol–water partition coefficient (Wildman–Crippen LogP) is 5.43. The Balaban J connectivity index is 2.04. The average Bonchev–Trinajstić information content (AvgIpc) is 2.52. The van der Waals surface area contributed by atoms with Crippen LogP contribution in [0.1, 0.15) is 39.7 Å². The van der Waals surface area contributed by atoms with Gasteiger partial charge in [-0.1, -0.05) is 57.5 Å². The van der Waals surface area contributed by atoms with Crippen LogP contribution in [0.25, 0.3) is 0 Å². The summed E-state index contributed by atoms with van der Waals surface area (Å²) in [6.45, 7) is 8.41. The Morgan fingerprint density at radius 2 is 1.83 bits per heavy atom. The third kappa shape index (κ3) is 5.00. The molecule has 1 N–H and O–H groups in total. The largest absolute Gasteiger partial charge is 0.481 e. The molecule has 2 rings (SSSR count). The van der Waals surface area contributed by atoms with Crippen molar-refractivity contribution < 1.29 is 9.53 Å². The quantitative estimate of drug-likeness (QED) is 0.784. The molecule has 0 aliphatic rings. The van der Waals surface area contributed by atoms with Crippen molar-refractivity contribution in [3.63, 3.8) is 0 Å². The second kappa shape index (κ2) is 7.71. The van der Waals surface area contributed by atoms with E-state index in [4.69, 9.17) is 16.3 Å². The summed E-state index contributed by atoms with van der Waals surface area (Å²) in [5.41, 5.74) is 1.98. The van der Waals surface area contributed by atoms with E-state index in [1.54, 1.807) is 24.3 Å². The molecule has 0 radical (unpaired) electrons. The highest BCUT2D eigenvalue weighted by Crippen LogP contribution is 2.25. The molecule has 0 aliphatic heterocycles. The van der Waals surface area contributed by atoms with E-state index in [1.807, 2.05) is 31.2 Å². The van der Waals surface area contributed by atoms with Gasteiger partial charge in [-0.15, -0.1) is 0 Å². The van der Waals surface area contributed by atoms with Crippen molar-refractivity contribution in [3.8, 4) is 5.75 Å². The van der Waals surface area contributed by atoms with Crippen molar-refractivity contribution in [3.05, 3.63) is 59.1 Å². The summed E-state index contributed by atoms with van der Waals surface area (Å²) in [7, 11) is 0. The summed E-state index contributed by atoms with van der Waals surface area (Å²) >= 11 is 5.94. The molecule has 0 spiro atoms. The van der Waals surface area contributed by atoms with Crippen LogP contribution in [-0.4, -0.2) is 12.0 Å². The maximum Gasteiger partial charge on any atom is 0.265 e. The minimum Gasteiger partial charge on any atom is -0.481 e. The molecule has 0 heterocycles. The fraction of sp³-hybridized carbons (Fsp3) is 0.350. The van der Waals surface area contributed by atoms with Gasteiger partial charge in [0.2, 0.25) is 0 Å². The van der Waals surface area contributed by atoms with E-state index in [2.05, 4.69) is 26.1 Å². The van der Waals surface area contributed by atoms with Gasteiger partial charge in [-0.25, -0.2) is 0 Å². The topological polar surface area (TPSA) is 38.3 Å². The molecule has 1 atom stereocenters. The standard InChI is InChI=1S/C20H24ClNO2/c1-5-18(19(23)22-16-8-6-7-15(21)13-16)24-17-11-9-14(10-12-17)20(2,3)4/h6-13,18H,5H2,1-4H3,(H,22,23). The van der Waals surface area contributed by atoms with E-state index in [9.17, 15) is 4.79 Å². The molecule has 2 aromatic rings. The third-order valence-corrected chi connectivity index (χ3v) is 3.99. The summed E-state index contributed by atoms with van der Waals surface area (Å²) in [5.74, 6) is 0.510. The second-order valence-electron chi connectivity index (χ2n) is 6.79. The zero-order valence-electron chi connectivity index (χ0n) is 14.6. The number of rotatable bonds is 5. The van der Waals surface area contributed by atoms with E-state index in [0.717, 1.165) is 0 Å². The van der Waals surface area contributed by atoms with Crippen LogP contribution in [0.4, 0.5) is 5.69 Å². The Bertz CT molecular complexity index is 690. The number of nitrogens with one attached hydrogen (secondary N) is 1. The Labute approximate surface area is 149 Å². The molecule has 0 saturated heterocycles. The SMILES string of the molecule is CCC(Oc1ccc(C(C)(C)C)cc1)C(=O)Nc1cccc(Cl)c1. The number of halogens is 1. The first kappa shape index (κ1) is 18.3. The number of carbonyl (C=O) groups is 1. The number of benzene rings is 2. The first-order valence-corrected chi connectivity index (χ1v) is 8.51. The van der Waals surface area contributed by atoms with Gasteiger partial charge in [0.1, 0.15) is 5.75 Å². The van der Waals surface area contributed by atoms with Crippen LogP contribution < -0.4 is 10.1 Å². The normalized spacial score (nSPS) is 12.5. The minimum atomic E-state index is -0.551. The van der Waals surface area contributed by atoms with E-state index in [1.165, 1.54) is 5.56 Å². The zero-order chi connectivity index (χ0) is 17.7. The number of hydrogen-bond acceptors (Lipinski definition) is 2. The van der Waals surface area contributed by atoms with Gasteiger partial charge in [-0.2, -0.15) is 0 Å². The third-order valence-electron chi connectivity index (χ3n) is 3.75. The monoisotopic (exact) mass is 345 g/mol. The first-order chi connectivity index (χ1) is 11.3. The van der Waals surface area contributed by atoms with E-state index in [-0.39, 0.29) is 11.3 Å². The van der Waals surface area contributed by atoms with Crippen LogP contribution in [0.3, 0.4) is 0 Å². The van der Waals surface area contributed by atoms with Crippen molar-refractivity contribution in [1.82, 2.24) is 0 Å². The van der Waals surface area contributed by atoms with Gasteiger partial charge in [0, 0.05) is 10.7 Å². The zero-order valence-corrected chi connectivity index (χ0v) is 15.4. The summed E-state index contributed by atoms with van der Waals surface area (Å²) < 4.78 is 5.85. The van der Waals surface area contributed by atoms with Crippen LogP contribution in [-0.2, 0) is 10.2 Å². The number of hydrogen-bond donors (Lipinski definition) is 1. The first-order valence-electron chi connectivity index (χ1n) is 8.13. The lowest BCUT2D eigenvalue weighted by atomic mass is 9.87. The highest BCUT2D eigenvalue weighted by molar-refractivity contribution is 6.30. The van der Waals surface area contributed by atoms with Crippen molar-refractivity contribution in [2.24, 2.45) is 0 Å². The molecule has 1 unspecified atom stereocenters. The maximum atomic E-state index is 12.4. The molecule has 128 valence electrons. The Kier molecular flexibility index (Phi) is 5.89. The lowest BCUT2D eigenvalue weighted by molar-refractivity contribution is -0.122. The van der Waals surface area contributed by atoms with Crippen LogP contribution in [0.5, 0.6) is 5.75 Å². The fourth-order valence-corrected chi connectivity index (χ4v) is 2.50. The lowest BCUT2D eigenvalue weighted by Crippen LogP contribution is -2.32. The van der Waals surface area contributed by atoms with Gasteiger partial charge in [-0.3, -0.25) is 4.79 Å². The molecule has 0 bridgehead atoms. The van der Waals surface area contributed by atoms with Crippen LogP contribution in [0.2, 0.25) is 5.02 Å². The van der Waals surface area contributed by atoms with Crippen molar-refractivity contribution in [2.75, 3.05) is 5.32 Å². The second-order valence-corrected chi connectivity index (χ2v) is 7.23. The van der Waals surface area contributed by atoms with Gasteiger partial charge in [-0.05, 0) is 47.7 Å². The molecule has 24 heavy (non-hydrogen) atoms. The number of ether oxygens (including phenoxy) is 1. The number of carbonyl (C=O) groups excluding carboxylic acids is 1. The highest BCUT2D eigenvalue weighted by Gasteiger charge is 2.19. The predicted molar refractivity (Wildman–Crippen MR) is 99.9 cm³/mol. The molecule has 0 saturated carbocycles. The summed E-state index contributed by atoms with van der Waals surface area (Å²) in [5, 5.41) is 3.42. The Hall–Kier alpha value is -2.00. The maximum absolute atomic E-state index is 12.4. The van der Waals surface area contributed by atoms with Crippen LogP contribution in [0, 0.1) is 0 Å². The smallest absolute Gasteiger partial charge is 0.265 e. The van der Waals surface area contributed by atoms with E-state index in [0.29, 0.717) is 22.9 Å². The van der Waals surface area contributed by atoms with Gasteiger partial charge in [0.05, 0.1) is 0 Å². The van der Waals surface area contributed by atoms with E-state index < -0.39 is 6.10 Å². The van der Waals surface area contributed by atoms with Gasteiger partial charge in [0.15, 0.2) is 6.10 Å². The van der Waals surface area contributed by atoms with Gasteiger partial charge in [0.25, 0.3) is 5.91 Å². The van der Waals surface area contributed by atoms with Crippen molar-refractivity contribution >= 4 is 23.2 Å². The van der Waals surface area contributed by atoms with Crippen molar-refractivity contribution in [2.45, 2.75) is 45.6 Å². The summed E-state index contributed by atoms with van der Waals surface area (Å²) in [4.78, 5) is 12.4. The van der Waals surface area contributed by atoms with Crippen LogP contribution in [0.15, 0.2) is 48.5 Å².